The van der Waals surface area contributed by atoms with Crippen LogP contribution in [0.4, 0.5) is 0 Å². The highest BCUT2D eigenvalue weighted by molar-refractivity contribution is 8.13. The van der Waals surface area contributed by atoms with Crippen LogP contribution in [0.5, 0.6) is 5.75 Å². The van der Waals surface area contributed by atoms with Gasteiger partial charge in [-0.05, 0) is 62.2 Å². The van der Waals surface area contributed by atoms with Crippen LogP contribution in [0.1, 0.15) is 94.4 Å². The molecule has 2 rings (SSSR count). The summed E-state index contributed by atoms with van der Waals surface area (Å²) < 4.78 is 6.16. The van der Waals surface area contributed by atoms with Crippen LogP contribution in [0, 0.1) is 30.6 Å². The molecule has 0 aliphatic rings. The molecule has 2 aromatic rings. The second-order valence-electron chi connectivity index (χ2n) is 8.23. The van der Waals surface area contributed by atoms with E-state index in [2.05, 4.69) is 43.6 Å². The second kappa shape index (κ2) is 15.3. The lowest BCUT2D eigenvalue weighted by atomic mass is 10.0. The Bertz CT molecular complexity index is 1010. The lowest BCUT2D eigenvalue weighted by Crippen LogP contribution is -2.01. The van der Waals surface area contributed by atoms with Gasteiger partial charge in [-0.15, -0.1) is 5.92 Å². The Balaban J connectivity index is 2.03. The van der Waals surface area contributed by atoms with E-state index < -0.39 is 0 Å². The first kappa shape index (κ1) is 26.6. The predicted octanol–water partition coefficient (Wildman–Crippen LogP) is 7.92. The Hall–Kier alpha value is -2.62. The average molecular weight is 461 g/mol. The van der Waals surface area contributed by atoms with Gasteiger partial charge >= 0.3 is 0 Å². The summed E-state index contributed by atoms with van der Waals surface area (Å²) in [4.78, 5) is 12.2. The molecule has 33 heavy (non-hydrogen) atoms. The fourth-order valence-corrected chi connectivity index (χ4v) is 4.11. The van der Waals surface area contributed by atoms with Crippen molar-refractivity contribution in [3.8, 4) is 29.4 Å². The normalized spacial score (nSPS) is 10.1. The van der Waals surface area contributed by atoms with Crippen LogP contribution in [-0.2, 0) is 4.79 Å². The second-order valence-corrected chi connectivity index (χ2v) is 9.48. The fourth-order valence-electron chi connectivity index (χ4n) is 3.50. The highest BCUT2D eigenvalue weighted by atomic mass is 32.2. The van der Waals surface area contributed by atoms with Gasteiger partial charge in [-0.2, -0.15) is 0 Å². The van der Waals surface area contributed by atoms with E-state index in [9.17, 15) is 4.79 Å². The molecule has 0 aliphatic carbocycles. The molecule has 0 aromatic heterocycles. The summed E-state index contributed by atoms with van der Waals surface area (Å²) in [5.41, 5.74) is 3.88. The Morgan fingerprint density at radius 3 is 2.18 bits per heavy atom. The zero-order valence-electron chi connectivity index (χ0n) is 20.6. The van der Waals surface area contributed by atoms with Gasteiger partial charge in [-0.3, -0.25) is 4.79 Å². The minimum atomic E-state index is 0.0814. The van der Waals surface area contributed by atoms with E-state index in [0.29, 0.717) is 6.61 Å². The summed E-state index contributed by atoms with van der Waals surface area (Å²) in [5.74, 6) is 13.5. The molecule has 2 nitrogen and oxygen atoms in total. The molecule has 0 bridgehead atoms. The van der Waals surface area contributed by atoms with E-state index in [0.717, 1.165) is 39.3 Å². The third-order valence-electron chi connectivity index (χ3n) is 5.30. The third-order valence-corrected chi connectivity index (χ3v) is 6.09. The quantitative estimate of drug-likeness (QED) is 0.193. The van der Waals surface area contributed by atoms with Crippen molar-refractivity contribution < 1.29 is 9.53 Å². The van der Waals surface area contributed by atoms with E-state index in [4.69, 9.17) is 4.74 Å². The number of thioether (sulfide) groups is 1. The summed E-state index contributed by atoms with van der Waals surface area (Å²) >= 11 is 1.23. The molecule has 0 unspecified atom stereocenters. The van der Waals surface area contributed by atoms with Crippen LogP contribution >= 0.6 is 11.8 Å². The first-order chi connectivity index (χ1) is 16.0. The Labute approximate surface area is 204 Å². The molecule has 2 aromatic carbocycles. The summed E-state index contributed by atoms with van der Waals surface area (Å²) in [5, 5.41) is 0.0814. The Morgan fingerprint density at radius 1 is 0.879 bits per heavy atom. The Morgan fingerprint density at radius 2 is 1.55 bits per heavy atom. The highest BCUT2D eigenvalue weighted by Gasteiger charge is 2.07. The predicted molar refractivity (Wildman–Crippen MR) is 141 cm³/mol. The van der Waals surface area contributed by atoms with Gasteiger partial charge in [0.05, 0.1) is 12.2 Å². The van der Waals surface area contributed by atoms with Crippen LogP contribution < -0.4 is 4.74 Å². The lowest BCUT2D eigenvalue weighted by molar-refractivity contribution is -0.109. The first-order valence-corrected chi connectivity index (χ1v) is 12.9. The van der Waals surface area contributed by atoms with Crippen molar-refractivity contribution >= 4 is 16.9 Å². The first-order valence-electron chi connectivity index (χ1n) is 12.0. The maximum atomic E-state index is 11.3. The number of carbonyl (C=O) groups excluding carboxylic acids is 1. The monoisotopic (exact) mass is 460 g/mol. The SMILES string of the molecule is CC#Cc1cc(OCCCCCCCCCC)c(C#Cc2ccc(SC(C)=O)cc2)cc1C. The van der Waals surface area contributed by atoms with Gasteiger partial charge < -0.3 is 4.74 Å². The molecule has 0 atom stereocenters. The van der Waals surface area contributed by atoms with Crippen LogP contribution in [0.25, 0.3) is 0 Å². The summed E-state index contributed by atoms with van der Waals surface area (Å²) in [7, 11) is 0. The van der Waals surface area contributed by atoms with E-state index in [1.165, 1.54) is 56.7 Å². The highest BCUT2D eigenvalue weighted by Crippen LogP contribution is 2.24. The molecule has 3 heteroatoms. The van der Waals surface area contributed by atoms with E-state index in [-0.39, 0.29) is 5.12 Å². The molecular formula is C30H36O2S. The van der Waals surface area contributed by atoms with Gasteiger partial charge in [-0.25, -0.2) is 0 Å². The molecule has 0 aliphatic heterocycles. The van der Waals surface area contributed by atoms with Crippen LogP contribution in [0.3, 0.4) is 0 Å². The number of aryl methyl sites for hydroxylation is 1. The number of hydrogen-bond donors (Lipinski definition) is 0. The average Bonchev–Trinajstić information content (AvgIpc) is 2.79. The third kappa shape index (κ3) is 10.2. The molecule has 174 valence electrons. The minimum Gasteiger partial charge on any atom is -0.492 e. The van der Waals surface area contributed by atoms with Crippen molar-refractivity contribution in [1.82, 2.24) is 0 Å². The molecule has 0 saturated carbocycles. The van der Waals surface area contributed by atoms with Crippen molar-refractivity contribution in [2.45, 2.75) is 84.0 Å². The van der Waals surface area contributed by atoms with Gasteiger partial charge in [0.2, 0.25) is 0 Å². The number of hydrogen-bond acceptors (Lipinski definition) is 3. The van der Waals surface area contributed by atoms with Gasteiger partial charge in [0.1, 0.15) is 5.75 Å². The van der Waals surface area contributed by atoms with Gasteiger partial charge in [0.25, 0.3) is 0 Å². The minimum absolute atomic E-state index is 0.0814. The molecule has 0 saturated heterocycles. The van der Waals surface area contributed by atoms with Gasteiger partial charge in [0, 0.05) is 22.9 Å². The van der Waals surface area contributed by atoms with Gasteiger partial charge in [-0.1, -0.05) is 81.4 Å². The van der Waals surface area contributed by atoms with E-state index in [1.807, 2.05) is 37.3 Å². The molecule has 0 fully saturated rings. The van der Waals surface area contributed by atoms with Crippen LogP contribution in [0.2, 0.25) is 0 Å². The topological polar surface area (TPSA) is 26.3 Å². The number of carbonyl (C=O) groups is 1. The van der Waals surface area contributed by atoms with E-state index in [1.54, 1.807) is 6.92 Å². The standard InChI is InChI=1S/C30H36O2S/c1-5-7-8-9-10-11-12-13-21-32-30-23-27(14-6-2)24(3)22-28(30)18-15-26-16-19-29(20-17-26)33-25(4)31/h16-17,19-20,22-23H,5,7-13,21H2,1-4H3. The number of ether oxygens (including phenoxy) is 1. The maximum absolute atomic E-state index is 11.3. The number of benzene rings is 2. The zero-order valence-corrected chi connectivity index (χ0v) is 21.4. The van der Waals surface area contributed by atoms with Crippen LogP contribution in [-0.4, -0.2) is 11.7 Å². The Kier molecular flexibility index (Phi) is 12.3. The van der Waals surface area contributed by atoms with Crippen molar-refractivity contribution in [2.24, 2.45) is 0 Å². The molecular weight excluding hydrogens is 424 g/mol. The van der Waals surface area contributed by atoms with Crippen molar-refractivity contribution in [3.05, 3.63) is 58.7 Å². The summed E-state index contributed by atoms with van der Waals surface area (Å²) in [6, 6.07) is 11.8. The molecule has 0 spiro atoms. The molecule has 0 radical (unpaired) electrons. The largest absolute Gasteiger partial charge is 0.492 e. The maximum Gasteiger partial charge on any atom is 0.190 e. The molecule has 0 N–H and O–H groups in total. The number of unbranched alkanes of at least 4 members (excludes halogenated alkanes) is 7. The molecule has 0 heterocycles. The number of rotatable bonds is 11. The molecule has 0 amide bonds. The lowest BCUT2D eigenvalue weighted by Gasteiger charge is -2.11. The van der Waals surface area contributed by atoms with Gasteiger partial charge in [0.15, 0.2) is 5.12 Å². The smallest absolute Gasteiger partial charge is 0.190 e. The van der Waals surface area contributed by atoms with Crippen molar-refractivity contribution in [1.29, 1.82) is 0 Å². The van der Waals surface area contributed by atoms with Crippen molar-refractivity contribution in [3.63, 3.8) is 0 Å². The van der Waals surface area contributed by atoms with Crippen molar-refractivity contribution in [2.75, 3.05) is 6.61 Å². The fraction of sp³-hybridized carbons (Fsp3) is 0.433. The van der Waals surface area contributed by atoms with E-state index >= 15 is 0 Å². The zero-order chi connectivity index (χ0) is 23.9. The summed E-state index contributed by atoms with van der Waals surface area (Å²) in [6.45, 7) is 8.43. The summed E-state index contributed by atoms with van der Waals surface area (Å²) in [6.07, 6.45) is 10.2. The van der Waals surface area contributed by atoms with Crippen LogP contribution in [0.15, 0.2) is 41.3 Å².